The zero-order valence-corrected chi connectivity index (χ0v) is 15.6. The average Bonchev–Trinajstić information content (AvgIpc) is 2.70. The molecule has 2 N–H and O–H groups in total. The zero-order chi connectivity index (χ0) is 16.1. The van der Waals surface area contributed by atoms with Crippen molar-refractivity contribution in [2.24, 2.45) is 23.7 Å². The Hall–Kier alpha value is -0.650. The van der Waals surface area contributed by atoms with Crippen molar-refractivity contribution in [2.75, 3.05) is 26.2 Å². The van der Waals surface area contributed by atoms with Gasteiger partial charge in [-0.1, -0.05) is 13.8 Å². The van der Waals surface area contributed by atoms with Crippen LogP contribution >= 0.6 is 15.9 Å². The summed E-state index contributed by atoms with van der Waals surface area (Å²) in [6.07, 6.45) is 4.14. The third-order valence-electron chi connectivity index (χ3n) is 6.68. The van der Waals surface area contributed by atoms with E-state index in [0.29, 0.717) is 12.0 Å². The summed E-state index contributed by atoms with van der Waals surface area (Å²) < 4.78 is 2.37. The van der Waals surface area contributed by atoms with Gasteiger partial charge in [-0.3, -0.25) is 10.1 Å². The lowest BCUT2D eigenvalue weighted by molar-refractivity contribution is -0.911. The van der Waals surface area contributed by atoms with Crippen LogP contribution in [0.4, 0.5) is 0 Å². The Bertz CT molecular complexity index is 602. The molecule has 1 saturated carbocycles. The van der Waals surface area contributed by atoms with Crippen molar-refractivity contribution < 1.29 is 9.94 Å². The van der Waals surface area contributed by atoms with E-state index in [4.69, 9.17) is 0 Å². The van der Waals surface area contributed by atoms with Crippen LogP contribution in [0.5, 0.6) is 0 Å². The second-order valence-corrected chi connectivity index (χ2v) is 8.56. The fourth-order valence-electron chi connectivity index (χ4n) is 5.33. The van der Waals surface area contributed by atoms with Crippen LogP contribution in [-0.4, -0.2) is 36.3 Å². The quantitative estimate of drug-likeness (QED) is 0.580. The monoisotopic (exact) mass is 380 g/mol. The highest BCUT2D eigenvalue weighted by atomic mass is 79.9. The van der Waals surface area contributed by atoms with E-state index < -0.39 is 0 Å². The van der Waals surface area contributed by atoms with Gasteiger partial charge in [-0.15, -0.1) is 0 Å². The highest BCUT2D eigenvalue weighted by Crippen LogP contribution is 2.56. The van der Waals surface area contributed by atoms with E-state index in [1.54, 1.807) is 6.20 Å². The van der Waals surface area contributed by atoms with Crippen molar-refractivity contribution in [3.05, 3.63) is 28.0 Å². The third kappa shape index (κ3) is 2.52. The smallest absolute Gasteiger partial charge is 0.254 e. The summed E-state index contributed by atoms with van der Waals surface area (Å²) in [6, 6.07) is 2.57. The van der Waals surface area contributed by atoms with Crippen molar-refractivity contribution in [2.45, 2.75) is 32.7 Å². The van der Waals surface area contributed by atoms with Crippen LogP contribution in [0.3, 0.4) is 0 Å². The first kappa shape index (κ1) is 15.9. The highest BCUT2D eigenvalue weighted by Gasteiger charge is 2.55. The summed E-state index contributed by atoms with van der Waals surface area (Å²) in [4.78, 5) is 2.61. The number of nitrogens with zero attached hydrogens (tertiary/aromatic N) is 2. The molecular formula is C18H27BrN3O+. The molecule has 0 bridgehead atoms. The van der Waals surface area contributed by atoms with E-state index in [9.17, 15) is 5.21 Å². The molecule has 23 heavy (non-hydrogen) atoms. The molecule has 0 spiro atoms. The van der Waals surface area contributed by atoms with Crippen molar-refractivity contribution in [1.82, 2.24) is 10.2 Å². The minimum Gasteiger partial charge on any atom is -0.314 e. The van der Waals surface area contributed by atoms with Gasteiger partial charge >= 0.3 is 0 Å². The van der Waals surface area contributed by atoms with Crippen LogP contribution in [0, 0.1) is 23.7 Å². The van der Waals surface area contributed by atoms with E-state index in [2.05, 4.69) is 46.1 Å². The summed E-state index contributed by atoms with van der Waals surface area (Å²) in [5, 5.41) is 14.2. The molecule has 4 rings (SSSR count). The van der Waals surface area contributed by atoms with Crippen LogP contribution in [0.15, 0.2) is 16.7 Å². The first-order chi connectivity index (χ1) is 11.1. The third-order valence-corrected chi connectivity index (χ3v) is 7.11. The lowest BCUT2D eigenvalue weighted by Crippen LogP contribution is -2.56. The minimum atomic E-state index is 0.351. The van der Waals surface area contributed by atoms with Gasteiger partial charge in [0, 0.05) is 36.5 Å². The number of halogens is 1. The predicted octanol–water partition coefficient (Wildman–Crippen LogP) is 2.38. The lowest BCUT2D eigenvalue weighted by Gasteiger charge is -2.53. The van der Waals surface area contributed by atoms with E-state index in [0.717, 1.165) is 60.5 Å². The molecule has 1 aliphatic heterocycles. The van der Waals surface area contributed by atoms with Crippen LogP contribution in [0.2, 0.25) is 0 Å². The van der Waals surface area contributed by atoms with Crippen molar-refractivity contribution in [3.63, 3.8) is 0 Å². The first-order valence-electron chi connectivity index (χ1n) is 8.96. The Labute approximate surface area is 147 Å². The van der Waals surface area contributed by atoms with Crippen LogP contribution < -0.4 is 10.0 Å². The molecular weight excluding hydrogens is 354 g/mol. The molecule has 0 aromatic carbocycles. The summed E-state index contributed by atoms with van der Waals surface area (Å²) in [5.74, 6) is 2.99. The highest BCUT2D eigenvalue weighted by molar-refractivity contribution is 9.10. The fourth-order valence-corrected chi connectivity index (χ4v) is 5.80. The van der Waals surface area contributed by atoms with E-state index in [1.807, 2.05) is 0 Å². The number of hydrogen-bond donors (Lipinski definition) is 2. The van der Waals surface area contributed by atoms with Gasteiger partial charge in [-0.05, 0) is 58.5 Å². The summed E-state index contributed by atoms with van der Waals surface area (Å²) in [6.45, 7) is 9.07. The fraction of sp³-hybridized carbons (Fsp3) is 0.722. The minimum absolute atomic E-state index is 0.351. The number of aryl methyl sites for hydroxylation is 1. The van der Waals surface area contributed by atoms with E-state index >= 15 is 0 Å². The Morgan fingerprint density at radius 1 is 1.26 bits per heavy atom. The molecule has 0 radical (unpaired) electrons. The molecule has 5 heteroatoms. The molecule has 5 atom stereocenters. The van der Waals surface area contributed by atoms with Gasteiger partial charge in [0.25, 0.3) is 5.69 Å². The number of rotatable bonds is 1. The van der Waals surface area contributed by atoms with Gasteiger partial charge in [0.1, 0.15) is 6.04 Å². The van der Waals surface area contributed by atoms with Crippen LogP contribution in [0.25, 0.3) is 0 Å². The molecule has 3 aliphatic rings. The number of nitrogens with one attached hydrogen (secondary N) is 1. The largest absolute Gasteiger partial charge is 0.314 e. The van der Waals surface area contributed by atoms with Gasteiger partial charge < -0.3 is 5.32 Å². The molecule has 2 heterocycles. The molecule has 1 aromatic heterocycles. The molecule has 1 saturated heterocycles. The summed E-state index contributed by atoms with van der Waals surface area (Å²) in [7, 11) is 0. The summed E-state index contributed by atoms with van der Waals surface area (Å²) >= 11 is 3.55. The number of aromatic nitrogens is 1. The average molecular weight is 381 g/mol. The molecule has 4 nitrogen and oxygen atoms in total. The Morgan fingerprint density at radius 2 is 2.00 bits per heavy atom. The maximum Gasteiger partial charge on any atom is 0.254 e. The van der Waals surface area contributed by atoms with Crippen LogP contribution in [0.1, 0.15) is 37.6 Å². The topological polar surface area (TPSA) is 39.4 Å². The Balaban J connectivity index is 1.80. The van der Waals surface area contributed by atoms with Crippen LogP contribution in [-0.2, 0) is 6.42 Å². The van der Waals surface area contributed by atoms with Gasteiger partial charge in [0.15, 0.2) is 0 Å². The van der Waals surface area contributed by atoms with Gasteiger partial charge in [0.2, 0.25) is 6.20 Å². The standard InChI is InChI=1S/C18H27BrN3O/c1-11-12(2)16-15(11)4-3-13-9-14(19)10-22(23)17(13)18(16)21-7-5-20-6-8-21/h9-12,15-16,18,20,23H,3-8H2,1-2H3/q+1. The zero-order valence-electron chi connectivity index (χ0n) is 14.0. The van der Waals surface area contributed by atoms with Crippen molar-refractivity contribution in [3.8, 4) is 0 Å². The number of piperazine rings is 1. The molecule has 0 amide bonds. The summed E-state index contributed by atoms with van der Waals surface area (Å²) in [5.41, 5.74) is 2.46. The van der Waals surface area contributed by atoms with E-state index in [-0.39, 0.29) is 0 Å². The second-order valence-electron chi connectivity index (χ2n) is 7.64. The van der Waals surface area contributed by atoms with Crippen molar-refractivity contribution >= 4 is 15.9 Å². The maximum absolute atomic E-state index is 10.7. The van der Waals surface area contributed by atoms with Gasteiger partial charge in [-0.2, -0.15) is 0 Å². The molecule has 1 aromatic rings. The van der Waals surface area contributed by atoms with E-state index in [1.165, 1.54) is 16.7 Å². The van der Waals surface area contributed by atoms with Crippen molar-refractivity contribution in [1.29, 1.82) is 0 Å². The molecule has 126 valence electrons. The molecule has 2 fully saturated rings. The Morgan fingerprint density at radius 3 is 2.74 bits per heavy atom. The molecule has 2 aliphatic carbocycles. The molecule has 5 unspecified atom stereocenters. The second kappa shape index (κ2) is 6.01. The first-order valence-corrected chi connectivity index (χ1v) is 9.75. The van der Waals surface area contributed by atoms with Gasteiger partial charge in [0.05, 0.1) is 4.47 Å². The SMILES string of the molecule is CC1C(C)C2C1CCc1cc(Br)c[n+](O)c1C2N1CCNCC1. The number of hydrogen-bond acceptors (Lipinski definition) is 3. The number of pyridine rings is 1. The predicted molar refractivity (Wildman–Crippen MR) is 92.3 cm³/mol. The normalized spacial score (nSPS) is 37.4. The maximum atomic E-state index is 10.7. The van der Waals surface area contributed by atoms with Gasteiger partial charge in [-0.25, -0.2) is 0 Å². The Kier molecular flexibility index (Phi) is 4.14. The number of fused-ring (bicyclic) bond motifs is 2. The lowest BCUT2D eigenvalue weighted by atomic mass is 9.54.